The molecule has 1 aromatic heterocycles. The molecule has 0 radical (unpaired) electrons. The fourth-order valence-corrected chi connectivity index (χ4v) is 3.81. The first-order valence-electron chi connectivity index (χ1n) is 7.42. The van der Waals surface area contributed by atoms with Crippen molar-refractivity contribution in [2.45, 2.75) is 0 Å². The van der Waals surface area contributed by atoms with Crippen molar-refractivity contribution in [1.82, 2.24) is 4.98 Å². The lowest BCUT2D eigenvalue weighted by atomic mass is 9.98. The maximum atomic E-state index is 4.74. The molecule has 2 heteroatoms. The summed E-state index contributed by atoms with van der Waals surface area (Å²) in [4.78, 5) is 4.74. The average molecular weight is 301 g/mol. The zero-order valence-corrected chi connectivity index (χ0v) is 13.4. The Morgan fingerprint density at radius 1 is 0.727 bits per heavy atom. The topological polar surface area (TPSA) is 12.9 Å². The first kappa shape index (κ1) is 13.4. The van der Waals surface area contributed by atoms with Gasteiger partial charge in [-0.3, -0.25) is 4.98 Å². The van der Waals surface area contributed by atoms with E-state index in [-0.39, 0.29) is 0 Å². The zero-order chi connectivity index (χ0) is 14.9. The zero-order valence-electron chi connectivity index (χ0n) is 12.4. The van der Waals surface area contributed by atoms with Gasteiger partial charge in [0.2, 0.25) is 0 Å². The SMILES string of the molecule is CPc1ccc2ccccc2c1-c1nccc2ccccc12. The number of nitrogens with zero attached hydrogens (tertiary/aromatic N) is 1. The van der Waals surface area contributed by atoms with Gasteiger partial charge in [-0.15, -0.1) is 0 Å². The molecule has 0 N–H and O–H groups in total. The van der Waals surface area contributed by atoms with E-state index in [4.69, 9.17) is 4.98 Å². The highest BCUT2D eigenvalue weighted by atomic mass is 31.1. The predicted molar refractivity (Wildman–Crippen MR) is 98.6 cm³/mol. The molecular formula is C20H16NP. The minimum absolute atomic E-state index is 0.749. The number of rotatable bonds is 2. The lowest BCUT2D eigenvalue weighted by molar-refractivity contribution is 1.37. The van der Waals surface area contributed by atoms with Crippen LogP contribution in [0.1, 0.15) is 0 Å². The summed E-state index contributed by atoms with van der Waals surface area (Å²) >= 11 is 0. The molecule has 0 amide bonds. The van der Waals surface area contributed by atoms with Crippen molar-refractivity contribution in [3.8, 4) is 11.3 Å². The van der Waals surface area contributed by atoms with Crippen molar-refractivity contribution in [3.05, 3.63) is 72.9 Å². The van der Waals surface area contributed by atoms with Gasteiger partial charge < -0.3 is 0 Å². The van der Waals surface area contributed by atoms with Gasteiger partial charge in [-0.2, -0.15) is 0 Å². The van der Waals surface area contributed by atoms with Gasteiger partial charge in [0.15, 0.2) is 0 Å². The molecule has 0 fully saturated rings. The third kappa shape index (κ3) is 2.10. The molecule has 0 spiro atoms. The van der Waals surface area contributed by atoms with Crippen LogP contribution in [0.5, 0.6) is 0 Å². The molecule has 1 unspecified atom stereocenters. The monoisotopic (exact) mass is 301 g/mol. The molecule has 3 aromatic carbocycles. The molecule has 106 valence electrons. The van der Waals surface area contributed by atoms with Crippen LogP contribution < -0.4 is 5.30 Å². The highest BCUT2D eigenvalue weighted by Gasteiger charge is 2.12. The summed E-state index contributed by atoms with van der Waals surface area (Å²) in [5.74, 6) is 0. The third-order valence-electron chi connectivity index (χ3n) is 4.11. The number of aromatic nitrogens is 1. The summed E-state index contributed by atoms with van der Waals surface area (Å²) in [5.41, 5.74) is 2.38. The molecule has 1 nitrogen and oxygen atoms in total. The lowest BCUT2D eigenvalue weighted by Crippen LogP contribution is -2.02. The molecule has 4 aromatic rings. The summed E-state index contributed by atoms with van der Waals surface area (Å²) < 4.78 is 0. The van der Waals surface area contributed by atoms with Gasteiger partial charge in [0.1, 0.15) is 0 Å². The average Bonchev–Trinajstić information content (AvgIpc) is 2.60. The molecule has 1 atom stereocenters. The van der Waals surface area contributed by atoms with Crippen LogP contribution in [-0.2, 0) is 0 Å². The van der Waals surface area contributed by atoms with E-state index in [1.54, 1.807) is 0 Å². The maximum absolute atomic E-state index is 4.74. The molecule has 4 rings (SSSR count). The Kier molecular flexibility index (Phi) is 3.36. The maximum Gasteiger partial charge on any atom is 0.0792 e. The van der Waals surface area contributed by atoms with Crippen LogP contribution in [0.3, 0.4) is 0 Å². The minimum Gasteiger partial charge on any atom is -0.256 e. The first-order valence-corrected chi connectivity index (χ1v) is 8.92. The Hall–Kier alpha value is -2.24. The number of pyridine rings is 1. The predicted octanol–water partition coefficient (Wildman–Crippen LogP) is 4.99. The highest BCUT2D eigenvalue weighted by molar-refractivity contribution is 7.46. The fourth-order valence-electron chi connectivity index (χ4n) is 3.05. The van der Waals surface area contributed by atoms with Crippen molar-refractivity contribution in [3.63, 3.8) is 0 Å². The van der Waals surface area contributed by atoms with Gasteiger partial charge in [0.05, 0.1) is 5.69 Å². The number of fused-ring (bicyclic) bond motifs is 2. The summed E-state index contributed by atoms with van der Waals surface area (Å²) in [6, 6.07) is 23.6. The molecule has 0 saturated heterocycles. The van der Waals surface area contributed by atoms with Gasteiger partial charge in [-0.25, -0.2) is 0 Å². The Morgan fingerprint density at radius 2 is 1.41 bits per heavy atom. The van der Waals surface area contributed by atoms with Crippen LogP contribution in [-0.4, -0.2) is 11.6 Å². The summed E-state index contributed by atoms with van der Waals surface area (Å²) in [7, 11) is 0.749. The van der Waals surface area contributed by atoms with E-state index in [0.717, 1.165) is 14.3 Å². The fraction of sp³-hybridized carbons (Fsp3) is 0.0500. The molecule has 0 aliphatic carbocycles. The van der Waals surface area contributed by atoms with E-state index in [0.29, 0.717) is 0 Å². The van der Waals surface area contributed by atoms with Crippen LogP contribution in [0.4, 0.5) is 0 Å². The largest absolute Gasteiger partial charge is 0.256 e. The molecule has 22 heavy (non-hydrogen) atoms. The number of hydrogen-bond donors (Lipinski definition) is 0. The summed E-state index contributed by atoms with van der Waals surface area (Å²) in [5, 5.41) is 6.40. The molecule has 1 heterocycles. The van der Waals surface area contributed by atoms with Crippen molar-refractivity contribution in [1.29, 1.82) is 0 Å². The molecule has 0 saturated carbocycles. The van der Waals surface area contributed by atoms with E-state index in [1.807, 2.05) is 6.20 Å². The van der Waals surface area contributed by atoms with Crippen LogP contribution in [0, 0.1) is 0 Å². The van der Waals surface area contributed by atoms with Crippen LogP contribution in [0.25, 0.3) is 32.8 Å². The van der Waals surface area contributed by atoms with Gasteiger partial charge in [-0.05, 0) is 34.2 Å². The number of hydrogen-bond acceptors (Lipinski definition) is 1. The van der Waals surface area contributed by atoms with Gasteiger partial charge in [0, 0.05) is 17.1 Å². The van der Waals surface area contributed by atoms with Gasteiger partial charge >= 0.3 is 0 Å². The van der Waals surface area contributed by atoms with Crippen molar-refractivity contribution in [2.24, 2.45) is 0 Å². The van der Waals surface area contributed by atoms with Crippen LogP contribution in [0.15, 0.2) is 72.9 Å². The van der Waals surface area contributed by atoms with Crippen molar-refractivity contribution >= 4 is 35.4 Å². The quantitative estimate of drug-likeness (QED) is 0.475. The molecule has 0 bridgehead atoms. The van der Waals surface area contributed by atoms with Crippen LogP contribution in [0.2, 0.25) is 0 Å². The Balaban J connectivity index is 2.16. The van der Waals surface area contributed by atoms with E-state index in [2.05, 4.69) is 73.4 Å². The molecular weight excluding hydrogens is 285 g/mol. The smallest absolute Gasteiger partial charge is 0.0792 e. The standard InChI is InChI=1S/C20H16NP/c1-22-18-11-10-14-6-2-4-8-16(14)19(18)20-17-9-5-3-7-15(17)12-13-21-20/h2-13,22H,1H3. The second-order valence-corrected chi connectivity index (χ2v) is 6.38. The van der Waals surface area contributed by atoms with E-state index in [1.165, 1.54) is 32.4 Å². The normalized spacial score (nSPS) is 11.7. The van der Waals surface area contributed by atoms with E-state index >= 15 is 0 Å². The summed E-state index contributed by atoms with van der Waals surface area (Å²) in [6.07, 6.45) is 1.92. The van der Waals surface area contributed by atoms with Gasteiger partial charge in [0.25, 0.3) is 0 Å². The highest BCUT2D eigenvalue weighted by Crippen LogP contribution is 2.33. The first-order chi connectivity index (χ1) is 10.9. The lowest BCUT2D eigenvalue weighted by Gasteiger charge is -2.13. The molecule has 0 aliphatic rings. The Bertz CT molecular complexity index is 970. The second-order valence-electron chi connectivity index (χ2n) is 5.34. The Morgan fingerprint density at radius 3 is 2.18 bits per heavy atom. The van der Waals surface area contributed by atoms with Gasteiger partial charge in [-0.1, -0.05) is 69.2 Å². The Labute approximate surface area is 131 Å². The van der Waals surface area contributed by atoms with Crippen molar-refractivity contribution in [2.75, 3.05) is 6.66 Å². The molecule has 0 aliphatic heterocycles. The summed E-state index contributed by atoms with van der Waals surface area (Å²) in [6.45, 7) is 2.23. The van der Waals surface area contributed by atoms with E-state index < -0.39 is 0 Å². The van der Waals surface area contributed by atoms with Crippen LogP contribution >= 0.6 is 8.58 Å². The minimum atomic E-state index is 0.749. The third-order valence-corrected chi connectivity index (χ3v) is 5.06. The number of benzene rings is 3. The van der Waals surface area contributed by atoms with E-state index in [9.17, 15) is 0 Å². The van der Waals surface area contributed by atoms with Crippen molar-refractivity contribution < 1.29 is 0 Å². The second kappa shape index (κ2) is 5.51.